The van der Waals surface area contributed by atoms with Gasteiger partial charge >= 0.3 is 0 Å². The molecule has 3 heteroatoms. The smallest absolute Gasteiger partial charge is 0.126 e. The van der Waals surface area contributed by atoms with Gasteiger partial charge in [-0.15, -0.1) is 0 Å². The zero-order valence-electron chi connectivity index (χ0n) is 4.60. The molecule has 0 radical (unpaired) electrons. The van der Waals surface area contributed by atoms with Crippen LogP contribution < -0.4 is 0 Å². The van der Waals surface area contributed by atoms with Gasteiger partial charge < -0.3 is 4.90 Å². The highest BCUT2D eigenvalue weighted by molar-refractivity contribution is 6.14. The summed E-state index contributed by atoms with van der Waals surface area (Å²) >= 11 is 0. The molecule has 0 saturated heterocycles. The zero-order valence-corrected chi connectivity index (χ0v) is 4.60. The largest absolute Gasteiger partial charge is 0.315 e. The molecule has 1 heterocycles. The second-order valence-electron chi connectivity index (χ2n) is 1.66. The lowest BCUT2D eigenvalue weighted by Gasteiger charge is -2.07. The predicted molar refractivity (Wildman–Crippen MR) is 32.4 cm³/mol. The fraction of sp³-hybridized carbons (Fsp3) is 0.200. The van der Waals surface area contributed by atoms with Crippen molar-refractivity contribution in [1.82, 2.24) is 4.90 Å². The lowest BCUT2D eigenvalue weighted by atomic mass is 10.5. The molecule has 0 amide bonds. The van der Waals surface area contributed by atoms with Crippen LogP contribution in [0.1, 0.15) is 0 Å². The van der Waals surface area contributed by atoms with Crippen molar-refractivity contribution in [3.05, 3.63) is 12.2 Å². The fourth-order valence-electron chi connectivity index (χ4n) is 0.511. The van der Waals surface area contributed by atoms with Crippen LogP contribution in [0.2, 0.25) is 0 Å². The lowest BCUT2D eigenvalue weighted by Crippen LogP contribution is -2.23. The number of hydrogen-bond acceptors (Lipinski definition) is 2. The van der Waals surface area contributed by atoms with Gasteiger partial charge in [0.15, 0.2) is 0 Å². The van der Waals surface area contributed by atoms with Crippen molar-refractivity contribution >= 4 is 11.7 Å². The van der Waals surface area contributed by atoms with Crippen LogP contribution in [0.15, 0.2) is 12.2 Å². The Labute approximate surface area is 47.6 Å². The molecule has 0 aliphatic carbocycles. The van der Waals surface area contributed by atoms with Gasteiger partial charge in [0.1, 0.15) is 11.7 Å². The Bertz CT molecular complexity index is 151. The normalized spacial score (nSPS) is 18.4. The molecular weight excluding hydrogens is 102 g/mol. The summed E-state index contributed by atoms with van der Waals surface area (Å²) in [6.45, 7) is 0. The van der Waals surface area contributed by atoms with Crippen molar-refractivity contribution in [2.45, 2.75) is 0 Å². The van der Waals surface area contributed by atoms with Crippen LogP contribution in [0.25, 0.3) is 0 Å². The van der Waals surface area contributed by atoms with E-state index in [4.69, 9.17) is 10.8 Å². The Hall–Kier alpha value is -1.12. The Morgan fingerprint density at radius 2 is 1.62 bits per heavy atom. The SMILES string of the molecule is CN1C(=N)C=CC1=N. The molecule has 0 unspecified atom stereocenters. The van der Waals surface area contributed by atoms with E-state index < -0.39 is 0 Å². The molecule has 0 atom stereocenters. The third-order valence-electron chi connectivity index (χ3n) is 1.12. The number of nitrogens with zero attached hydrogens (tertiary/aromatic N) is 1. The molecule has 8 heavy (non-hydrogen) atoms. The Morgan fingerprint density at radius 3 is 1.75 bits per heavy atom. The number of amidine groups is 2. The van der Waals surface area contributed by atoms with Crippen molar-refractivity contribution in [3.63, 3.8) is 0 Å². The average molecular weight is 109 g/mol. The lowest BCUT2D eigenvalue weighted by molar-refractivity contribution is 0.760. The highest BCUT2D eigenvalue weighted by Crippen LogP contribution is 1.98. The van der Waals surface area contributed by atoms with E-state index >= 15 is 0 Å². The van der Waals surface area contributed by atoms with E-state index in [1.807, 2.05) is 0 Å². The first kappa shape index (κ1) is 5.03. The van der Waals surface area contributed by atoms with Crippen LogP contribution in [0.4, 0.5) is 0 Å². The maximum absolute atomic E-state index is 7.08. The highest BCUT2D eigenvalue weighted by Gasteiger charge is 2.09. The minimum Gasteiger partial charge on any atom is -0.315 e. The monoisotopic (exact) mass is 109 g/mol. The third kappa shape index (κ3) is 0.521. The molecule has 0 aromatic heterocycles. The molecule has 0 aromatic carbocycles. The van der Waals surface area contributed by atoms with Crippen molar-refractivity contribution in [2.24, 2.45) is 0 Å². The average Bonchev–Trinajstić information content (AvgIpc) is 1.98. The Morgan fingerprint density at radius 1 is 1.25 bits per heavy atom. The van der Waals surface area contributed by atoms with E-state index in [-0.39, 0.29) is 0 Å². The van der Waals surface area contributed by atoms with E-state index in [2.05, 4.69) is 0 Å². The van der Waals surface area contributed by atoms with Gasteiger partial charge in [-0.2, -0.15) is 0 Å². The van der Waals surface area contributed by atoms with Crippen molar-refractivity contribution < 1.29 is 0 Å². The molecule has 1 rings (SSSR count). The second-order valence-corrected chi connectivity index (χ2v) is 1.66. The molecule has 42 valence electrons. The van der Waals surface area contributed by atoms with Gasteiger partial charge in [-0.25, -0.2) is 0 Å². The summed E-state index contributed by atoms with van der Waals surface area (Å²) in [5.74, 6) is 0.769. The van der Waals surface area contributed by atoms with Gasteiger partial charge in [-0.1, -0.05) is 0 Å². The number of hydrogen-bond donors (Lipinski definition) is 2. The summed E-state index contributed by atoms with van der Waals surface area (Å²) in [5, 5.41) is 14.2. The molecule has 0 saturated carbocycles. The third-order valence-corrected chi connectivity index (χ3v) is 1.12. The molecule has 3 nitrogen and oxygen atoms in total. The molecule has 0 bridgehead atoms. The first-order valence-corrected chi connectivity index (χ1v) is 2.31. The Kier molecular flexibility index (Phi) is 0.901. The molecule has 2 N–H and O–H groups in total. The van der Waals surface area contributed by atoms with Gasteiger partial charge in [0, 0.05) is 7.05 Å². The van der Waals surface area contributed by atoms with E-state index in [0.29, 0.717) is 11.7 Å². The molecule has 0 aromatic rings. The van der Waals surface area contributed by atoms with Crippen LogP contribution in [0.3, 0.4) is 0 Å². The van der Waals surface area contributed by atoms with Crippen LogP contribution in [0, 0.1) is 10.8 Å². The number of rotatable bonds is 0. The van der Waals surface area contributed by atoms with Crippen molar-refractivity contribution in [1.29, 1.82) is 10.8 Å². The van der Waals surface area contributed by atoms with Crippen molar-refractivity contribution in [2.75, 3.05) is 7.05 Å². The molecular formula is C5H7N3. The van der Waals surface area contributed by atoms with Gasteiger partial charge in [0.05, 0.1) is 0 Å². The first-order valence-electron chi connectivity index (χ1n) is 2.31. The first-order chi connectivity index (χ1) is 3.72. The Balaban J connectivity index is 2.84. The maximum atomic E-state index is 7.08. The fourth-order valence-corrected chi connectivity index (χ4v) is 0.511. The maximum Gasteiger partial charge on any atom is 0.126 e. The van der Waals surface area contributed by atoms with Crippen LogP contribution >= 0.6 is 0 Å². The van der Waals surface area contributed by atoms with Gasteiger partial charge in [-0.3, -0.25) is 10.8 Å². The van der Waals surface area contributed by atoms with Gasteiger partial charge in [0.2, 0.25) is 0 Å². The summed E-state index contributed by atoms with van der Waals surface area (Å²) in [5.41, 5.74) is 0. The van der Waals surface area contributed by atoms with E-state index in [1.54, 1.807) is 19.2 Å². The summed E-state index contributed by atoms with van der Waals surface area (Å²) in [4.78, 5) is 1.50. The summed E-state index contributed by atoms with van der Waals surface area (Å²) in [7, 11) is 1.70. The van der Waals surface area contributed by atoms with E-state index in [0.717, 1.165) is 0 Å². The van der Waals surface area contributed by atoms with Crippen LogP contribution in [-0.2, 0) is 0 Å². The summed E-state index contributed by atoms with van der Waals surface area (Å²) in [6, 6.07) is 0. The van der Waals surface area contributed by atoms with E-state index in [9.17, 15) is 0 Å². The van der Waals surface area contributed by atoms with E-state index in [1.165, 1.54) is 4.90 Å². The predicted octanol–water partition coefficient (Wildman–Crippen LogP) is 0.443. The van der Waals surface area contributed by atoms with Crippen LogP contribution in [-0.4, -0.2) is 23.6 Å². The minimum atomic E-state index is 0.384. The zero-order chi connectivity index (χ0) is 6.15. The van der Waals surface area contributed by atoms with Gasteiger partial charge in [0.25, 0.3) is 0 Å². The number of likely N-dealkylation sites (N-methyl/N-ethyl adjacent to an activating group) is 1. The highest BCUT2D eigenvalue weighted by atomic mass is 15.2. The minimum absolute atomic E-state index is 0.384. The standard InChI is InChI=1S/C5H7N3/c1-8-4(6)2-3-5(8)7/h2-3,6-7H,1H3. The summed E-state index contributed by atoms with van der Waals surface area (Å²) in [6.07, 6.45) is 3.20. The number of nitrogens with one attached hydrogen (secondary N) is 2. The quantitative estimate of drug-likeness (QED) is 0.466. The molecule has 1 aliphatic rings. The topological polar surface area (TPSA) is 50.9 Å². The molecule has 0 fully saturated rings. The van der Waals surface area contributed by atoms with Crippen LogP contribution in [0.5, 0.6) is 0 Å². The molecule has 1 aliphatic heterocycles. The van der Waals surface area contributed by atoms with Gasteiger partial charge in [-0.05, 0) is 12.2 Å². The van der Waals surface area contributed by atoms with Crippen molar-refractivity contribution in [3.8, 4) is 0 Å². The summed E-state index contributed by atoms with van der Waals surface area (Å²) < 4.78 is 0. The second kappa shape index (κ2) is 1.43. The molecule has 0 spiro atoms.